The van der Waals surface area contributed by atoms with Crippen LogP contribution >= 0.6 is 11.8 Å². The number of benzene rings is 1. The van der Waals surface area contributed by atoms with Gasteiger partial charge in [-0.15, -0.1) is 11.8 Å². The van der Waals surface area contributed by atoms with Crippen LogP contribution < -0.4 is 0 Å². The van der Waals surface area contributed by atoms with E-state index in [-0.39, 0.29) is 36.0 Å². The maximum Gasteiger partial charge on any atom is 0.339 e. The lowest BCUT2D eigenvalue weighted by Crippen LogP contribution is -2.17. The van der Waals surface area contributed by atoms with Gasteiger partial charge in [0, 0.05) is 40.2 Å². The minimum Gasteiger partial charge on any atom is -0.454 e. The fourth-order valence-electron chi connectivity index (χ4n) is 4.61. The van der Waals surface area contributed by atoms with Gasteiger partial charge in [-0.2, -0.15) is 0 Å². The molecule has 9 heteroatoms. The van der Waals surface area contributed by atoms with Crippen molar-refractivity contribution in [3.63, 3.8) is 0 Å². The third-order valence-corrected chi connectivity index (χ3v) is 9.20. The van der Waals surface area contributed by atoms with Gasteiger partial charge in [0.15, 0.2) is 16.4 Å². The molecular formula is C24H29NO6S2. The monoisotopic (exact) mass is 491 g/mol. The number of rotatable bonds is 8. The zero-order valence-electron chi connectivity index (χ0n) is 18.9. The van der Waals surface area contributed by atoms with Crippen LogP contribution in [0, 0.1) is 13.8 Å². The molecule has 0 bridgehead atoms. The number of nitrogens with zero attached hydrogens (tertiary/aromatic N) is 1. The van der Waals surface area contributed by atoms with Crippen LogP contribution in [0.25, 0.3) is 0 Å². The molecule has 2 aliphatic rings. The Hall–Kier alpha value is -2.10. The third-order valence-electron chi connectivity index (χ3n) is 6.25. The molecule has 1 aromatic heterocycles. The lowest BCUT2D eigenvalue weighted by molar-refractivity contribution is 0.0471. The number of aryl methyl sites for hydroxylation is 1. The summed E-state index contributed by atoms with van der Waals surface area (Å²) in [5.74, 6) is 0.195. The first-order valence-corrected chi connectivity index (χ1v) is 14.0. The van der Waals surface area contributed by atoms with E-state index >= 15 is 0 Å². The molecule has 178 valence electrons. The molecule has 2 unspecified atom stereocenters. The fraction of sp³-hybridized carbons (Fsp3) is 0.500. The normalized spacial score (nSPS) is 21.9. The summed E-state index contributed by atoms with van der Waals surface area (Å²) < 4.78 is 36.7. The smallest absolute Gasteiger partial charge is 0.339 e. The van der Waals surface area contributed by atoms with Crippen LogP contribution in [0.4, 0.5) is 0 Å². The van der Waals surface area contributed by atoms with E-state index in [0.29, 0.717) is 23.2 Å². The van der Waals surface area contributed by atoms with Crippen LogP contribution in [0.15, 0.2) is 35.2 Å². The summed E-state index contributed by atoms with van der Waals surface area (Å²) in [5.41, 5.74) is 2.45. The third kappa shape index (κ3) is 5.53. The molecular weight excluding hydrogens is 462 g/mol. The van der Waals surface area contributed by atoms with E-state index in [0.717, 1.165) is 35.8 Å². The molecule has 0 spiro atoms. The van der Waals surface area contributed by atoms with E-state index in [1.165, 1.54) is 0 Å². The second-order valence-electron chi connectivity index (χ2n) is 8.65. The molecule has 2 aliphatic heterocycles. The van der Waals surface area contributed by atoms with E-state index in [9.17, 15) is 18.0 Å². The lowest BCUT2D eigenvalue weighted by atomic mass is 10.1. The summed E-state index contributed by atoms with van der Waals surface area (Å²) in [5, 5.41) is 0. The van der Waals surface area contributed by atoms with Crippen LogP contribution in [0.1, 0.15) is 57.4 Å². The van der Waals surface area contributed by atoms with Gasteiger partial charge < -0.3 is 14.0 Å². The Kier molecular flexibility index (Phi) is 7.31. The molecule has 0 radical (unpaired) electrons. The average Bonchev–Trinajstić information content (AvgIpc) is 3.50. The molecule has 7 nitrogen and oxygen atoms in total. The van der Waals surface area contributed by atoms with Crippen molar-refractivity contribution in [1.29, 1.82) is 0 Å². The van der Waals surface area contributed by atoms with Crippen molar-refractivity contribution >= 4 is 33.4 Å². The predicted molar refractivity (Wildman–Crippen MR) is 127 cm³/mol. The maximum absolute atomic E-state index is 12.9. The van der Waals surface area contributed by atoms with Gasteiger partial charge in [0.05, 0.1) is 23.2 Å². The van der Waals surface area contributed by atoms with Crippen LogP contribution in [0.3, 0.4) is 0 Å². The Morgan fingerprint density at radius 3 is 2.67 bits per heavy atom. The molecule has 0 saturated carbocycles. The van der Waals surface area contributed by atoms with Gasteiger partial charge in [0.1, 0.15) is 0 Å². The Bertz CT molecular complexity index is 1150. The van der Waals surface area contributed by atoms with Crippen LogP contribution in [-0.4, -0.2) is 61.3 Å². The summed E-state index contributed by atoms with van der Waals surface area (Å²) >= 11 is 1.56. The molecule has 3 heterocycles. The Morgan fingerprint density at radius 1 is 1.18 bits per heavy atom. The summed E-state index contributed by atoms with van der Waals surface area (Å²) in [7, 11) is -3.04. The number of ketones is 1. The number of carbonyl (C=O) groups excluding carboxylic acids is 2. The summed E-state index contributed by atoms with van der Waals surface area (Å²) in [6, 6.07) is 8.82. The average molecular weight is 492 g/mol. The molecule has 1 aromatic carbocycles. The van der Waals surface area contributed by atoms with Crippen molar-refractivity contribution in [1.82, 2.24) is 4.57 Å². The zero-order chi connectivity index (χ0) is 23.6. The van der Waals surface area contributed by atoms with Gasteiger partial charge in [-0.25, -0.2) is 13.2 Å². The number of hydrogen-bond acceptors (Lipinski definition) is 7. The van der Waals surface area contributed by atoms with Gasteiger partial charge in [0.25, 0.3) is 0 Å². The quantitative estimate of drug-likeness (QED) is 0.315. The number of ether oxygens (including phenoxy) is 2. The van der Waals surface area contributed by atoms with Crippen molar-refractivity contribution in [3.05, 3.63) is 52.8 Å². The Morgan fingerprint density at radius 2 is 1.97 bits per heavy atom. The number of hydrogen-bond donors (Lipinski definition) is 0. The number of sulfone groups is 1. The number of esters is 1. The Balaban J connectivity index is 1.40. The maximum atomic E-state index is 12.9. The highest BCUT2D eigenvalue weighted by Crippen LogP contribution is 2.30. The van der Waals surface area contributed by atoms with Crippen LogP contribution in [-0.2, 0) is 19.3 Å². The van der Waals surface area contributed by atoms with Crippen molar-refractivity contribution in [2.75, 3.05) is 30.5 Å². The number of aromatic nitrogens is 1. The van der Waals surface area contributed by atoms with Crippen molar-refractivity contribution in [2.24, 2.45) is 0 Å². The van der Waals surface area contributed by atoms with E-state index in [1.807, 2.05) is 30.5 Å². The zero-order valence-corrected chi connectivity index (χ0v) is 20.5. The van der Waals surface area contributed by atoms with Gasteiger partial charge >= 0.3 is 5.97 Å². The van der Waals surface area contributed by atoms with E-state index in [1.54, 1.807) is 30.0 Å². The second kappa shape index (κ2) is 10.0. The topological polar surface area (TPSA) is 91.7 Å². The predicted octanol–water partition coefficient (Wildman–Crippen LogP) is 3.78. The minimum atomic E-state index is -3.04. The molecule has 33 heavy (non-hydrogen) atoms. The highest BCUT2D eigenvalue weighted by atomic mass is 32.2. The van der Waals surface area contributed by atoms with Crippen molar-refractivity contribution < 1.29 is 27.5 Å². The van der Waals surface area contributed by atoms with Crippen LogP contribution in [0.2, 0.25) is 0 Å². The number of thioether (sulfide) groups is 1. The van der Waals surface area contributed by atoms with Gasteiger partial charge in [-0.3, -0.25) is 4.79 Å². The molecule has 0 amide bonds. The molecule has 2 fully saturated rings. The summed E-state index contributed by atoms with van der Waals surface area (Å²) in [6.45, 7) is 4.09. The first kappa shape index (κ1) is 24.0. The highest BCUT2D eigenvalue weighted by Gasteiger charge is 2.32. The molecule has 4 rings (SSSR count). The molecule has 2 aromatic rings. The van der Waals surface area contributed by atoms with Gasteiger partial charge in [-0.1, -0.05) is 12.1 Å². The van der Waals surface area contributed by atoms with Gasteiger partial charge in [0.2, 0.25) is 5.78 Å². The lowest BCUT2D eigenvalue weighted by Gasteiger charge is -2.16. The molecule has 0 aliphatic carbocycles. The largest absolute Gasteiger partial charge is 0.454 e. The Labute approximate surface area is 198 Å². The molecule has 2 atom stereocenters. The highest BCUT2D eigenvalue weighted by molar-refractivity contribution is 7.99. The van der Waals surface area contributed by atoms with Gasteiger partial charge in [-0.05, 0) is 51.3 Å². The number of Topliss-reactive ketones (excluding diaryl/α,β-unsaturated/α-hetero) is 1. The second-order valence-corrected chi connectivity index (χ2v) is 11.9. The molecule has 2 saturated heterocycles. The summed E-state index contributed by atoms with van der Waals surface area (Å²) in [4.78, 5) is 26.4. The van der Waals surface area contributed by atoms with Crippen LogP contribution in [0.5, 0.6) is 0 Å². The van der Waals surface area contributed by atoms with E-state index < -0.39 is 15.8 Å². The molecule has 0 N–H and O–H groups in total. The SMILES string of the molecule is Cc1cc(C(=O)COC(=O)c2ccccc2SCC2CCCO2)c(C)n1C1CCS(=O)(=O)C1. The van der Waals surface area contributed by atoms with E-state index in [4.69, 9.17) is 9.47 Å². The first-order valence-electron chi connectivity index (χ1n) is 11.2. The summed E-state index contributed by atoms with van der Waals surface area (Å²) in [6.07, 6.45) is 2.83. The number of carbonyl (C=O) groups is 2. The standard InChI is InChI=1S/C24H29NO6S2/c1-16-12-21(17(2)25(16)18-9-11-33(28,29)15-18)22(26)13-31-24(27)20-7-3-4-8-23(20)32-14-19-6-5-10-30-19/h3-4,7-8,12,18-19H,5-6,9-11,13-15H2,1-2H3. The minimum absolute atomic E-state index is 0.0896. The van der Waals surface area contributed by atoms with Crippen molar-refractivity contribution in [2.45, 2.75) is 50.2 Å². The first-order chi connectivity index (χ1) is 15.7. The van der Waals surface area contributed by atoms with Crippen molar-refractivity contribution in [3.8, 4) is 0 Å². The van der Waals surface area contributed by atoms with E-state index in [2.05, 4.69) is 0 Å². The fourth-order valence-corrected chi connectivity index (χ4v) is 7.42.